The van der Waals surface area contributed by atoms with Crippen LogP contribution in [0.5, 0.6) is 0 Å². The molecule has 0 spiro atoms. The molecule has 0 aromatic heterocycles. The van der Waals surface area contributed by atoms with Gasteiger partial charge in [0.1, 0.15) is 0 Å². The Bertz CT molecular complexity index is 408. The Hall–Kier alpha value is -0.180. The van der Waals surface area contributed by atoms with Gasteiger partial charge in [0, 0.05) is 11.3 Å². The maximum Gasteiger partial charge on any atom is 0.157 e. The second-order valence-electron chi connectivity index (χ2n) is 8.36. The number of fused-ring (bicyclic) bond motifs is 2. The van der Waals surface area contributed by atoms with Crippen LogP contribution in [0.15, 0.2) is 4.99 Å². The number of aliphatic imine (C=N–C) groups is 1. The third kappa shape index (κ3) is 2.22. The Labute approximate surface area is 122 Å². The molecule has 0 aromatic carbocycles. The zero-order valence-electron chi connectivity index (χ0n) is 13.0. The van der Waals surface area contributed by atoms with E-state index in [-0.39, 0.29) is 5.54 Å². The van der Waals surface area contributed by atoms with E-state index in [9.17, 15) is 0 Å². The quantitative estimate of drug-likeness (QED) is 0.783. The van der Waals surface area contributed by atoms with E-state index in [4.69, 9.17) is 4.99 Å². The van der Waals surface area contributed by atoms with Crippen LogP contribution in [0.25, 0.3) is 0 Å². The normalized spacial score (nSPS) is 45.4. The van der Waals surface area contributed by atoms with Gasteiger partial charge in [0.25, 0.3) is 0 Å². The number of nitrogens with zero attached hydrogens (tertiary/aromatic N) is 1. The summed E-state index contributed by atoms with van der Waals surface area (Å²) in [6.45, 7) is 11.9. The van der Waals surface area contributed by atoms with Crippen LogP contribution >= 0.6 is 11.8 Å². The number of amidine groups is 1. The number of hydrogen-bond acceptors (Lipinski definition) is 2. The highest BCUT2D eigenvalue weighted by molar-refractivity contribution is 8.13. The average molecular weight is 280 g/mol. The zero-order chi connectivity index (χ0) is 13.9. The summed E-state index contributed by atoms with van der Waals surface area (Å²) in [5.74, 6) is 2.08. The van der Waals surface area contributed by atoms with Gasteiger partial charge in [0.05, 0.1) is 6.04 Å². The Balaban J connectivity index is 1.86. The molecule has 0 radical (unpaired) electrons. The first kappa shape index (κ1) is 13.8. The van der Waals surface area contributed by atoms with Crippen molar-refractivity contribution < 1.29 is 0 Å². The molecule has 1 heterocycles. The summed E-state index contributed by atoms with van der Waals surface area (Å²) in [5, 5.41) is 4.84. The van der Waals surface area contributed by atoms with Gasteiger partial charge in [-0.15, -0.1) is 0 Å². The number of nitrogens with one attached hydrogen (secondary N) is 1. The Kier molecular flexibility index (Phi) is 3.02. The fraction of sp³-hybridized carbons (Fsp3) is 0.938. The lowest BCUT2D eigenvalue weighted by Gasteiger charge is -2.41. The summed E-state index contributed by atoms with van der Waals surface area (Å²) in [6, 6.07) is 0.502. The van der Waals surface area contributed by atoms with Crippen LogP contribution in [0, 0.1) is 16.7 Å². The minimum atomic E-state index is 0.215. The van der Waals surface area contributed by atoms with E-state index >= 15 is 0 Å². The lowest BCUT2D eigenvalue weighted by molar-refractivity contribution is 0.142. The molecule has 3 rings (SSSR count). The molecule has 3 fully saturated rings. The molecule has 2 bridgehead atoms. The molecule has 0 amide bonds. The standard InChI is InChI=1S/C16H28N2S/c1-14(2)8-9-19-13(18-14)17-12-15(3,4)11-6-7-16(12,5)10-11/h11-12H,6-10H2,1-5H3,(H,17,18). The first-order valence-corrected chi connectivity index (χ1v) is 8.70. The molecule has 1 aliphatic heterocycles. The smallest absolute Gasteiger partial charge is 0.157 e. The third-order valence-corrected chi connectivity index (χ3v) is 6.74. The zero-order valence-corrected chi connectivity index (χ0v) is 13.9. The monoisotopic (exact) mass is 280 g/mol. The molecule has 2 nitrogen and oxygen atoms in total. The largest absolute Gasteiger partial charge is 0.360 e. The van der Waals surface area contributed by atoms with E-state index in [1.54, 1.807) is 0 Å². The lowest BCUT2D eigenvalue weighted by atomic mass is 9.69. The van der Waals surface area contributed by atoms with E-state index < -0.39 is 0 Å². The lowest BCUT2D eigenvalue weighted by Crippen LogP contribution is -2.48. The van der Waals surface area contributed by atoms with Crippen LogP contribution < -0.4 is 5.32 Å². The molecule has 2 saturated carbocycles. The summed E-state index contributed by atoms with van der Waals surface area (Å²) >= 11 is 1.92. The summed E-state index contributed by atoms with van der Waals surface area (Å²) < 4.78 is 0. The fourth-order valence-electron chi connectivity index (χ4n) is 4.58. The molecule has 3 aliphatic rings. The summed E-state index contributed by atoms with van der Waals surface area (Å²) in [7, 11) is 0. The molecule has 2 aliphatic carbocycles. The van der Waals surface area contributed by atoms with Crippen LogP contribution in [0.4, 0.5) is 0 Å². The average Bonchev–Trinajstić information content (AvgIpc) is 2.74. The van der Waals surface area contributed by atoms with Crippen molar-refractivity contribution in [2.24, 2.45) is 21.7 Å². The molecule has 3 heteroatoms. The van der Waals surface area contributed by atoms with Gasteiger partial charge < -0.3 is 5.32 Å². The molecular formula is C16H28N2S. The summed E-state index contributed by atoms with van der Waals surface area (Å²) in [5.41, 5.74) is 1.04. The van der Waals surface area contributed by atoms with E-state index in [0.717, 1.165) is 5.92 Å². The van der Waals surface area contributed by atoms with Crippen molar-refractivity contribution in [2.45, 2.75) is 71.9 Å². The van der Waals surface area contributed by atoms with Crippen molar-refractivity contribution in [1.29, 1.82) is 0 Å². The Morgan fingerprint density at radius 1 is 1.16 bits per heavy atom. The van der Waals surface area contributed by atoms with Crippen molar-refractivity contribution >= 4 is 16.9 Å². The Morgan fingerprint density at radius 3 is 2.47 bits per heavy atom. The highest BCUT2D eigenvalue weighted by Crippen LogP contribution is 2.63. The first-order valence-electron chi connectivity index (χ1n) is 7.72. The van der Waals surface area contributed by atoms with Crippen LogP contribution in [0.3, 0.4) is 0 Å². The van der Waals surface area contributed by atoms with Crippen molar-refractivity contribution in [3.05, 3.63) is 0 Å². The van der Waals surface area contributed by atoms with E-state index in [0.29, 0.717) is 16.9 Å². The van der Waals surface area contributed by atoms with Crippen LogP contribution in [0.1, 0.15) is 60.3 Å². The minimum absolute atomic E-state index is 0.215. The molecule has 3 unspecified atom stereocenters. The van der Waals surface area contributed by atoms with Gasteiger partial charge in [-0.1, -0.05) is 32.5 Å². The summed E-state index contributed by atoms with van der Waals surface area (Å²) in [4.78, 5) is 5.21. The predicted octanol–water partition coefficient (Wildman–Crippen LogP) is 4.06. The predicted molar refractivity (Wildman–Crippen MR) is 84.7 cm³/mol. The van der Waals surface area contributed by atoms with Gasteiger partial charge in [-0.3, -0.25) is 4.99 Å². The molecule has 108 valence electrons. The number of hydrogen-bond donors (Lipinski definition) is 1. The molecule has 3 atom stereocenters. The van der Waals surface area contributed by atoms with Gasteiger partial charge in [0.2, 0.25) is 0 Å². The number of rotatable bonds is 1. The SMILES string of the molecule is CC1(C)CCSC(=NC2C3(C)CCC(C3)C2(C)C)N1. The van der Waals surface area contributed by atoms with Crippen molar-refractivity contribution in [1.82, 2.24) is 5.32 Å². The fourth-order valence-corrected chi connectivity index (χ4v) is 5.91. The summed E-state index contributed by atoms with van der Waals surface area (Å²) in [6.07, 6.45) is 5.40. The minimum Gasteiger partial charge on any atom is -0.360 e. The van der Waals surface area contributed by atoms with Gasteiger partial charge in [0.15, 0.2) is 5.17 Å². The van der Waals surface area contributed by atoms with Gasteiger partial charge in [-0.2, -0.15) is 0 Å². The molecular weight excluding hydrogens is 252 g/mol. The maximum atomic E-state index is 5.21. The molecule has 19 heavy (non-hydrogen) atoms. The molecule has 1 saturated heterocycles. The topological polar surface area (TPSA) is 24.4 Å². The maximum absolute atomic E-state index is 5.21. The highest BCUT2D eigenvalue weighted by Gasteiger charge is 2.59. The van der Waals surface area contributed by atoms with Crippen molar-refractivity contribution in [2.75, 3.05) is 5.75 Å². The van der Waals surface area contributed by atoms with Crippen molar-refractivity contribution in [3.63, 3.8) is 0 Å². The van der Waals surface area contributed by atoms with E-state index in [2.05, 4.69) is 39.9 Å². The van der Waals surface area contributed by atoms with Gasteiger partial charge in [-0.05, 0) is 56.3 Å². The first-order chi connectivity index (χ1) is 8.73. The molecule has 1 N–H and O–H groups in total. The second-order valence-corrected chi connectivity index (χ2v) is 9.44. The van der Waals surface area contributed by atoms with E-state index in [1.807, 2.05) is 11.8 Å². The van der Waals surface area contributed by atoms with Gasteiger partial charge in [-0.25, -0.2) is 0 Å². The number of thioether (sulfide) groups is 1. The van der Waals surface area contributed by atoms with E-state index in [1.165, 1.54) is 36.6 Å². The second kappa shape index (κ2) is 4.16. The van der Waals surface area contributed by atoms with Crippen LogP contribution in [0.2, 0.25) is 0 Å². The van der Waals surface area contributed by atoms with Crippen LogP contribution in [-0.4, -0.2) is 22.5 Å². The third-order valence-electron chi connectivity index (χ3n) is 5.85. The van der Waals surface area contributed by atoms with Crippen molar-refractivity contribution in [3.8, 4) is 0 Å². The highest BCUT2D eigenvalue weighted by atomic mass is 32.2. The Morgan fingerprint density at radius 2 is 1.89 bits per heavy atom. The molecule has 0 aromatic rings. The van der Waals surface area contributed by atoms with Crippen LogP contribution in [-0.2, 0) is 0 Å². The van der Waals surface area contributed by atoms with Gasteiger partial charge >= 0.3 is 0 Å².